The van der Waals surface area contributed by atoms with Crippen molar-refractivity contribution in [1.29, 1.82) is 0 Å². The zero-order valence-electron chi connectivity index (χ0n) is 11.2. The highest BCUT2D eigenvalue weighted by Gasteiger charge is 2.20. The lowest BCUT2D eigenvalue weighted by Crippen LogP contribution is -2.38. The van der Waals surface area contributed by atoms with Gasteiger partial charge in [-0.1, -0.05) is 12.1 Å². The molecule has 100 valence electrons. The molecule has 0 amide bonds. The number of anilines is 2. The van der Waals surface area contributed by atoms with E-state index in [0.29, 0.717) is 6.54 Å². The lowest BCUT2D eigenvalue weighted by Gasteiger charge is -2.37. The Morgan fingerprint density at radius 3 is 2.74 bits per heavy atom. The van der Waals surface area contributed by atoms with Gasteiger partial charge >= 0.3 is 0 Å². The van der Waals surface area contributed by atoms with Crippen molar-refractivity contribution >= 4 is 11.4 Å². The van der Waals surface area contributed by atoms with E-state index in [2.05, 4.69) is 41.1 Å². The molecule has 1 aromatic carbocycles. The largest absolute Gasteiger partial charge is 0.468 e. The van der Waals surface area contributed by atoms with Crippen LogP contribution in [0.1, 0.15) is 11.3 Å². The van der Waals surface area contributed by atoms with Crippen LogP contribution in [-0.2, 0) is 13.1 Å². The number of nitrogens with zero attached hydrogens (tertiary/aromatic N) is 2. The van der Waals surface area contributed by atoms with Crippen LogP contribution in [0.25, 0.3) is 0 Å². The smallest absolute Gasteiger partial charge is 0.122 e. The Balaban J connectivity index is 1.89. The van der Waals surface area contributed by atoms with Gasteiger partial charge in [0, 0.05) is 32.2 Å². The number of para-hydroxylation sites is 2. The van der Waals surface area contributed by atoms with Crippen molar-refractivity contribution in [3.8, 4) is 0 Å². The minimum atomic E-state index is 0.456. The zero-order valence-corrected chi connectivity index (χ0v) is 11.2. The molecule has 4 heteroatoms. The molecule has 1 aliphatic rings. The summed E-state index contributed by atoms with van der Waals surface area (Å²) < 4.78 is 5.40. The minimum Gasteiger partial charge on any atom is -0.468 e. The van der Waals surface area contributed by atoms with Crippen LogP contribution in [0.3, 0.4) is 0 Å². The highest BCUT2D eigenvalue weighted by Crippen LogP contribution is 2.33. The third-order valence-electron chi connectivity index (χ3n) is 3.72. The Morgan fingerprint density at radius 2 is 1.95 bits per heavy atom. The first-order valence-corrected chi connectivity index (χ1v) is 6.60. The standard InChI is InChI=1S/C15H19N3O/c1-17-7-8-18(14-5-3-2-4-13(14)17)11-12-6-9-19-15(12)10-16/h2-6,9H,7-8,10-11,16H2,1H3. The Hall–Kier alpha value is -1.94. The van der Waals surface area contributed by atoms with Gasteiger partial charge in [-0.25, -0.2) is 0 Å². The molecule has 0 bridgehead atoms. The van der Waals surface area contributed by atoms with Crippen molar-refractivity contribution in [3.63, 3.8) is 0 Å². The van der Waals surface area contributed by atoms with Gasteiger partial charge in [0.1, 0.15) is 5.76 Å². The first kappa shape index (κ1) is 12.1. The average Bonchev–Trinajstić information content (AvgIpc) is 2.89. The molecule has 0 atom stereocenters. The van der Waals surface area contributed by atoms with Crippen LogP contribution in [0, 0.1) is 0 Å². The summed E-state index contributed by atoms with van der Waals surface area (Å²) in [5.41, 5.74) is 9.44. The number of benzene rings is 1. The fourth-order valence-electron chi connectivity index (χ4n) is 2.62. The van der Waals surface area contributed by atoms with Crippen LogP contribution in [-0.4, -0.2) is 20.1 Å². The summed E-state index contributed by atoms with van der Waals surface area (Å²) in [7, 11) is 2.14. The summed E-state index contributed by atoms with van der Waals surface area (Å²) in [6, 6.07) is 10.5. The maximum atomic E-state index is 5.70. The molecule has 1 aromatic heterocycles. The molecule has 3 rings (SSSR count). The van der Waals surface area contributed by atoms with Gasteiger partial charge in [0.25, 0.3) is 0 Å². The first-order chi connectivity index (χ1) is 9.29. The van der Waals surface area contributed by atoms with Crippen LogP contribution in [0.5, 0.6) is 0 Å². The molecule has 0 radical (unpaired) electrons. The first-order valence-electron chi connectivity index (χ1n) is 6.60. The second kappa shape index (κ2) is 4.97. The molecule has 0 aliphatic carbocycles. The summed E-state index contributed by atoms with van der Waals surface area (Å²) in [5.74, 6) is 0.886. The molecule has 0 spiro atoms. The molecule has 2 N–H and O–H groups in total. The van der Waals surface area contributed by atoms with Crippen molar-refractivity contribution in [3.05, 3.63) is 47.9 Å². The number of rotatable bonds is 3. The third kappa shape index (κ3) is 2.19. The summed E-state index contributed by atoms with van der Waals surface area (Å²) in [5, 5.41) is 0. The number of furan rings is 1. The normalized spacial score (nSPS) is 14.6. The second-order valence-corrected chi connectivity index (χ2v) is 4.90. The van der Waals surface area contributed by atoms with Gasteiger partial charge in [-0.2, -0.15) is 0 Å². The summed E-state index contributed by atoms with van der Waals surface area (Å²) in [6.45, 7) is 3.36. The van der Waals surface area contributed by atoms with Gasteiger partial charge in [-0.15, -0.1) is 0 Å². The van der Waals surface area contributed by atoms with E-state index < -0.39 is 0 Å². The van der Waals surface area contributed by atoms with E-state index in [4.69, 9.17) is 10.2 Å². The molecule has 0 fully saturated rings. The highest BCUT2D eigenvalue weighted by atomic mass is 16.3. The van der Waals surface area contributed by atoms with Crippen LogP contribution in [0.2, 0.25) is 0 Å². The van der Waals surface area contributed by atoms with Gasteiger partial charge < -0.3 is 20.0 Å². The maximum absolute atomic E-state index is 5.70. The molecule has 19 heavy (non-hydrogen) atoms. The van der Waals surface area contributed by atoms with E-state index in [-0.39, 0.29) is 0 Å². The van der Waals surface area contributed by atoms with E-state index in [0.717, 1.165) is 25.4 Å². The second-order valence-electron chi connectivity index (χ2n) is 4.90. The van der Waals surface area contributed by atoms with Crippen molar-refractivity contribution in [2.24, 2.45) is 5.73 Å². The topological polar surface area (TPSA) is 45.6 Å². The Kier molecular flexibility index (Phi) is 3.17. The Morgan fingerprint density at radius 1 is 1.16 bits per heavy atom. The fourth-order valence-corrected chi connectivity index (χ4v) is 2.62. The van der Waals surface area contributed by atoms with Gasteiger partial charge in [-0.05, 0) is 18.2 Å². The predicted octanol–water partition coefficient (Wildman–Crippen LogP) is 2.19. The van der Waals surface area contributed by atoms with Crippen LogP contribution in [0.4, 0.5) is 11.4 Å². The molecule has 0 unspecified atom stereocenters. The van der Waals surface area contributed by atoms with Crippen molar-refractivity contribution in [1.82, 2.24) is 0 Å². The molecule has 1 aliphatic heterocycles. The van der Waals surface area contributed by atoms with E-state index in [1.54, 1.807) is 6.26 Å². The average molecular weight is 257 g/mol. The molecule has 2 heterocycles. The summed E-state index contributed by atoms with van der Waals surface area (Å²) in [6.07, 6.45) is 1.72. The van der Waals surface area contributed by atoms with Gasteiger partial charge in [0.05, 0.1) is 24.2 Å². The van der Waals surface area contributed by atoms with Gasteiger partial charge in [0.15, 0.2) is 0 Å². The zero-order chi connectivity index (χ0) is 13.2. The lowest BCUT2D eigenvalue weighted by atomic mass is 10.1. The van der Waals surface area contributed by atoms with Crippen molar-refractivity contribution in [2.75, 3.05) is 29.9 Å². The van der Waals surface area contributed by atoms with Crippen LogP contribution < -0.4 is 15.5 Å². The van der Waals surface area contributed by atoms with Crippen molar-refractivity contribution < 1.29 is 4.42 Å². The maximum Gasteiger partial charge on any atom is 0.122 e. The third-order valence-corrected chi connectivity index (χ3v) is 3.72. The number of nitrogens with two attached hydrogens (primary N) is 1. The molecular weight excluding hydrogens is 238 g/mol. The number of likely N-dealkylation sites (N-methyl/N-ethyl adjacent to an activating group) is 1. The predicted molar refractivity (Wildman–Crippen MR) is 77.4 cm³/mol. The molecular formula is C15H19N3O. The van der Waals surface area contributed by atoms with Crippen molar-refractivity contribution in [2.45, 2.75) is 13.1 Å². The quantitative estimate of drug-likeness (QED) is 0.915. The van der Waals surface area contributed by atoms with E-state index in [1.165, 1.54) is 16.9 Å². The molecule has 4 nitrogen and oxygen atoms in total. The summed E-state index contributed by atoms with van der Waals surface area (Å²) in [4.78, 5) is 4.68. The summed E-state index contributed by atoms with van der Waals surface area (Å²) >= 11 is 0. The lowest BCUT2D eigenvalue weighted by molar-refractivity contribution is 0.506. The highest BCUT2D eigenvalue weighted by molar-refractivity contribution is 5.73. The van der Waals surface area contributed by atoms with E-state index in [9.17, 15) is 0 Å². The SMILES string of the molecule is CN1CCN(Cc2ccoc2CN)c2ccccc21. The van der Waals surface area contributed by atoms with Crippen LogP contribution >= 0.6 is 0 Å². The monoisotopic (exact) mass is 257 g/mol. The Bertz CT molecular complexity index is 564. The van der Waals surface area contributed by atoms with Gasteiger partial charge in [0.2, 0.25) is 0 Å². The number of fused-ring (bicyclic) bond motifs is 1. The molecule has 0 saturated heterocycles. The Labute approximate surface area is 113 Å². The fraction of sp³-hybridized carbons (Fsp3) is 0.333. The number of hydrogen-bond donors (Lipinski definition) is 1. The minimum absolute atomic E-state index is 0.456. The number of hydrogen-bond acceptors (Lipinski definition) is 4. The van der Waals surface area contributed by atoms with Gasteiger partial charge in [-0.3, -0.25) is 0 Å². The van der Waals surface area contributed by atoms with E-state index >= 15 is 0 Å². The van der Waals surface area contributed by atoms with E-state index in [1.807, 2.05) is 6.07 Å². The molecule has 2 aromatic rings. The van der Waals surface area contributed by atoms with Crippen LogP contribution in [0.15, 0.2) is 41.0 Å². The molecule has 0 saturated carbocycles.